The van der Waals surface area contributed by atoms with Gasteiger partial charge in [0.15, 0.2) is 0 Å². The lowest BCUT2D eigenvalue weighted by Crippen LogP contribution is -2.57. The molecule has 0 aliphatic carbocycles. The quantitative estimate of drug-likeness (QED) is 0.676. The van der Waals surface area contributed by atoms with E-state index in [0.29, 0.717) is 5.54 Å². The Morgan fingerprint density at radius 3 is 2.54 bits per heavy atom. The molecule has 0 radical (unpaired) electrons. The summed E-state index contributed by atoms with van der Waals surface area (Å²) in [4.78, 5) is 0. The molecule has 2 heterocycles. The van der Waals surface area contributed by atoms with Crippen molar-refractivity contribution in [1.82, 2.24) is 10.6 Å². The zero-order chi connectivity index (χ0) is 9.31. The minimum Gasteiger partial charge on any atom is -0.312 e. The van der Waals surface area contributed by atoms with Crippen LogP contribution in [0.3, 0.4) is 0 Å². The molecular weight excluding hydrogens is 160 g/mol. The molecule has 2 aliphatic heterocycles. The van der Waals surface area contributed by atoms with Crippen molar-refractivity contribution >= 4 is 0 Å². The Hall–Kier alpha value is -0.0800. The van der Waals surface area contributed by atoms with Gasteiger partial charge in [-0.3, -0.25) is 0 Å². The van der Waals surface area contributed by atoms with E-state index < -0.39 is 0 Å². The maximum atomic E-state index is 3.75. The number of nitrogens with one attached hydrogen (secondary N) is 2. The molecule has 0 spiro atoms. The van der Waals surface area contributed by atoms with Crippen LogP contribution in [0.1, 0.15) is 39.5 Å². The molecule has 2 unspecified atom stereocenters. The summed E-state index contributed by atoms with van der Waals surface area (Å²) in [5.74, 6) is 0.755. The van der Waals surface area contributed by atoms with Crippen molar-refractivity contribution in [3.8, 4) is 0 Å². The Bertz CT molecular complexity index is 165. The first-order chi connectivity index (χ1) is 6.26. The van der Waals surface area contributed by atoms with Crippen LogP contribution in [-0.4, -0.2) is 24.7 Å². The van der Waals surface area contributed by atoms with Gasteiger partial charge in [-0.2, -0.15) is 0 Å². The second-order valence-electron chi connectivity index (χ2n) is 4.87. The Labute approximate surface area is 81.5 Å². The summed E-state index contributed by atoms with van der Waals surface area (Å²) < 4.78 is 0. The Kier molecular flexibility index (Phi) is 2.61. The molecule has 0 bridgehead atoms. The highest BCUT2D eigenvalue weighted by Crippen LogP contribution is 2.34. The van der Waals surface area contributed by atoms with E-state index in [9.17, 15) is 0 Å². The van der Waals surface area contributed by atoms with Crippen LogP contribution >= 0.6 is 0 Å². The molecule has 2 fully saturated rings. The fraction of sp³-hybridized carbons (Fsp3) is 1.00. The summed E-state index contributed by atoms with van der Waals surface area (Å²) in [5, 5.41) is 7.41. The van der Waals surface area contributed by atoms with Gasteiger partial charge in [0.25, 0.3) is 0 Å². The van der Waals surface area contributed by atoms with Crippen LogP contribution in [-0.2, 0) is 0 Å². The first-order valence-corrected chi connectivity index (χ1v) is 5.74. The maximum Gasteiger partial charge on any atom is 0.0358 e. The third-order valence-corrected chi connectivity index (χ3v) is 3.93. The fourth-order valence-corrected chi connectivity index (χ4v) is 3.11. The van der Waals surface area contributed by atoms with E-state index in [1.54, 1.807) is 0 Å². The number of hydrogen-bond donors (Lipinski definition) is 2. The van der Waals surface area contributed by atoms with Gasteiger partial charge >= 0.3 is 0 Å². The summed E-state index contributed by atoms with van der Waals surface area (Å²) >= 11 is 0. The summed E-state index contributed by atoms with van der Waals surface area (Å²) in [6.45, 7) is 7.16. The average Bonchev–Trinajstić information content (AvgIpc) is 2.75. The molecule has 2 nitrogen and oxygen atoms in total. The molecule has 2 atom stereocenters. The van der Waals surface area contributed by atoms with Crippen LogP contribution in [0, 0.1) is 5.92 Å². The molecule has 0 amide bonds. The van der Waals surface area contributed by atoms with E-state index in [1.165, 1.54) is 38.8 Å². The second-order valence-corrected chi connectivity index (χ2v) is 4.87. The van der Waals surface area contributed by atoms with Crippen molar-refractivity contribution in [3.05, 3.63) is 0 Å². The maximum absolute atomic E-state index is 3.75. The number of rotatable bonds is 2. The van der Waals surface area contributed by atoms with Crippen LogP contribution in [0.4, 0.5) is 0 Å². The predicted octanol–water partition coefficient (Wildman–Crippen LogP) is 1.52. The van der Waals surface area contributed by atoms with Crippen LogP contribution in [0.15, 0.2) is 0 Å². The predicted molar refractivity (Wildman–Crippen MR) is 55.8 cm³/mol. The van der Waals surface area contributed by atoms with Gasteiger partial charge in [0.05, 0.1) is 0 Å². The van der Waals surface area contributed by atoms with E-state index >= 15 is 0 Å². The lowest BCUT2D eigenvalue weighted by atomic mass is 9.78. The van der Waals surface area contributed by atoms with Crippen molar-refractivity contribution in [2.45, 2.75) is 51.1 Å². The van der Waals surface area contributed by atoms with E-state index in [0.717, 1.165) is 12.0 Å². The van der Waals surface area contributed by atoms with E-state index in [-0.39, 0.29) is 0 Å². The van der Waals surface area contributed by atoms with Crippen LogP contribution < -0.4 is 10.6 Å². The standard InChI is InChI=1S/C11H22N2/c1-9(2)11(6-4-8-13-11)10-5-3-7-12-10/h9-10,12-13H,3-8H2,1-2H3. The summed E-state index contributed by atoms with van der Waals surface area (Å²) in [7, 11) is 0. The molecule has 0 aromatic heterocycles. The largest absolute Gasteiger partial charge is 0.312 e. The van der Waals surface area contributed by atoms with Crippen molar-refractivity contribution in [2.75, 3.05) is 13.1 Å². The third-order valence-electron chi connectivity index (χ3n) is 3.93. The molecule has 2 saturated heterocycles. The number of hydrogen-bond acceptors (Lipinski definition) is 2. The summed E-state index contributed by atoms with van der Waals surface area (Å²) in [5.41, 5.74) is 0.413. The van der Waals surface area contributed by atoms with Gasteiger partial charge in [0.1, 0.15) is 0 Å². The first-order valence-electron chi connectivity index (χ1n) is 5.74. The van der Waals surface area contributed by atoms with Gasteiger partial charge in [0, 0.05) is 11.6 Å². The average molecular weight is 182 g/mol. The van der Waals surface area contributed by atoms with Crippen LogP contribution in [0.5, 0.6) is 0 Å². The molecule has 2 N–H and O–H groups in total. The fourth-order valence-electron chi connectivity index (χ4n) is 3.11. The molecule has 0 aromatic carbocycles. The molecule has 0 saturated carbocycles. The minimum absolute atomic E-state index is 0.413. The van der Waals surface area contributed by atoms with Crippen molar-refractivity contribution in [1.29, 1.82) is 0 Å². The summed E-state index contributed by atoms with van der Waals surface area (Å²) in [6, 6.07) is 0.731. The van der Waals surface area contributed by atoms with Crippen LogP contribution in [0.25, 0.3) is 0 Å². The van der Waals surface area contributed by atoms with Crippen molar-refractivity contribution in [3.63, 3.8) is 0 Å². The van der Waals surface area contributed by atoms with Gasteiger partial charge in [-0.15, -0.1) is 0 Å². The van der Waals surface area contributed by atoms with Gasteiger partial charge in [-0.05, 0) is 44.7 Å². The molecule has 2 heteroatoms. The molecule has 0 aromatic rings. The highest BCUT2D eigenvalue weighted by atomic mass is 15.1. The van der Waals surface area contributed by atoms with E-state index in [2.05, 4.69) is 24.5 Å². The minimum atomic E-state index is 0.413. The lowest BCUT2D eigenvalue weighted by Gasteiger charge is -2.39. The lowest BCUT2D eigenvalue weighted by molar-refractivity contribution is 0.205. The van der Waals surface area contributed by atoms with E-state index in [1.807, 2.05) is 0 Å². The van der Waals surface area contributed by atoms with Gasteiger partial charge in [-0.25, -0.2) is 0 Å². The molecule has 2 aliphatic rings. The van der Waals surface area contributed by atoms with Gasteiger partial charge in [-0.1, -0.05) is 13.8 Å². The topological polar surface area (TPSA) is 24.1 Å². The van der Waals surface area contributed by atoms with E-state index in [4.69, 9.17) is 0 Å². The smallest absolute Gasteiger partial charge is 0.0358 e. The Morgan fingerprint density at radius 2 is 2.08 bits per heavy atom. The zero-order valence-corrected chi connectivity index (χ0v) is 8.90. The Morgan fingerprint density at radius 1 is 1.23 bits per heavy atom. The third kappa shape index (κ3) is 1.50. The molecule has 76 valence electrons. The normalized spacial score (nSPS) is 40.4. The SMILES string of the molecule is CC(C)C1(C2CCCN2)CCCN1. The van der Waals surface area contributed by atoms with Gasteiger partial charge < -0.3 is 10.6 Å². The molecule has 13 heavy (non-hydrogen) atoms. The van der Waals surface area contributed by atoms with Gasteiger partial charge in [0.2, 0.25) is 0 Å². The highest BCUT2D eigenvalue weighted by Gasteiger charge is 2.44. The highest BCUT2D eigenvalue weighted by molar-refractivity contribution is 5.05. The summed E-state index contributed by atoms with van der Waals surface area (Å²) in [6.07, 6.45) is 5.45. The van der Waals surface area contributed by atoms with Crippen molar-refractivity contribution < 1.29 is 0 Å². The van der Waals surface area contributed by atoms with Crippen LogP contribution in [0.2, 0.25) is 0 Å². The molecule has 2 rings (SSSR count). The molecular formula is C11H22N2. The Balaban J connectivity index is 2.11. The second kappa shape index (κ2) is 3.58. The van der Waals surface area contributed by atoms with Crippen molar-refractivity contribution in [2.24, 2.45) is 5.92 Å². The first kappa shape index (κ1) is 9.47. The zero-order valence-electron chi connectivity index (χ0n) is 8.90. The monoisotopic (exact) mass is 182 g/mol.